The molecule has 2 N–H and O–H groups in total. The number of nitrogens with one attached hydrogen (secondary N) is 1. The number of aromatic hydroxyl groups is 1. The van der Waals surface area contributed by atoms with Crippen LogP contribution in [0, 0.1) is 0 Å². The fourth-order valence-electron chi connectivity index (χ4n) is 2.31. The van der Waals surface area contributed by atoms with Gasteiger partial charge in [-0.2, -0.15) is 4.36 Å². The highest BCUT2D eigenvalue weighted by Crippen LogP contribution is 2.33. The van der Waals surface area contributed by atoms with Gasteiger partial charge in [0.15, 0.2) is 0 Å². The molecule has 0 aliphatic rings. The molecule has 0 bridgehead atoms. The number of hydrogen-bond donors (Lipinski definition) is 2. The van der Waals surface area contributed by atoms with E-state index in [1.807, 2.05) is 18.2 Å². The Morgan fingerprint density at radius 3 is 2.67 bits per heavy atom. The lowest BCUT2D eigenvalue weighted by Gasteiger charge is -2.11. The molecular weight excluding hydrogens is 346 g/mol. The molecule has 5 nitrogen and oxygen atoms in total. The van der Waals surface area contributed by atoms with Crippen molar-refractivity contribution < 1.29 is 9.32 Å². The van der Waals surface area contributed by atoms with E-state index in [4.69, 9.17) is 11.6 Å². The number of pyridine rings is 1. The van der Waals surface area contributed by atoms with Crippen LogP contribution in [0.3, 0.4) is 0 Å². The van der Waals surface area contributed by atoms with Gasteiger partial charge >= 0.3 is 0 Å². The first-order chi connectivity index (χ1) is 11.3. The maximum absolute atomic E-state index is 11.9. The second-order valence-corrected chi connectivity index (χ2v) is 8.57. The molecule has 0 atom stereocenters. The molecule has 0 unspecified atom stereocenters. The van der Waals surface area contributed by atoms with Crippen LogP contribution in [0.5, 0.6) is 5.75 Å². The lowest BCUT2D eigenvalue weighted by molar-refractivity contribution is 0.475. The van der Waals surface area contributed by atoms with Gasteiger partial charge in [0.25, 0.3) is 0 Å². The van der Waals surface area contributed by atoms with E-state index in [1.54, 1.807) is 36.9 Å². The number of rotatable bonds is 3. The Labute approximate surface area is 145 Å². The van der Waals surface area contributed by atoms with Crippen LogP contribution in [0.1, 0.15) is 0 Å². The molecule has 1 aromatic heterocycles. The molecule has 3 rings (SSSR count). The number of nitrogens with zero attached hydrogens (tertiary/aromatic N) is 2. The van der Waals surface area contributed by atoms with Gasteiger partial charge < -0.3 is 10.4 Å². The first-order valence-corrected chi connectivity index (χ1v) is 9.84. The van der Waals surface area contributed by atoms with Crippen LogP contribution in [-0.4, -0.2) is 26.8 Å². The number of halogens is 1. The fourth-order valence-corrected chi connectivity index (χ4v) is 3.09. The zero-order valence-corrected chi connectivity index (χ0v) is 14.7. The van der Waals surface area contributed by atoms with E-state index in [0.29, 0.717) is 16.4 Å². The third kappa shape index (κ3) is 3.77. The van der Waals surface area contributed by atoms with Gasteiger partial charge in [0.05, 0.1) is 21.9 Å². The molecule has 0 spiro atoms. The molecule has 2 aromatic carbocycles. The molecule has 0 saturated carbocycles. The van der Waals surface area contributed by atoms with Crippen LogP contribution >= 0.6 is 11.6 Å². The number of aromatic nitrogens is 1. The summed E-state index contributed by atoms with van der Waals surface area (Å²) in [4.78, 5) is 4.33. The topological polar surface area (TPSA) is 74.6 Å². The van der Waals surface area contributed by atoms with Gasteiger partial charge in [0, 0.05) is 45.6 Å². The summed E-state index contributed by atoms with van der Waals surface area (Å²) >= 11 is 6.17. The van der Waals surface area contributed by atoms with E-state index in [1.165, 1.54) is 6.07 Å². The first-order valence-electron chi connectivity index (χ1n) is 7.13. The Balaban J connectivity index is 2.12. The third-order valence-electron chi connectivity index (χ3n) is 3.27. The van der Waals surface area contributed by atoms with E-state index in [-0.39, 0.29) is 5.75 Å². The van der Waals surface area contributed by atoms with E-state index < -0.39 is 9.73 Å². The first kappa shape index (κ1) is 16.5. The predicted molar refractivity (Wildman–Crippen MR) is 100 cm³/mol. The maximum atomic E-state index is 11.9. The molecule has 0 aliphatic carbocycles. The maximum Gasteiger partial charge on any atom is 0.117 e. The number of benzene rings is 2. The zero-order valence-electron chi connectivity index (χ0n) is 13.2. The van der Waals surface area contributed by atoms with Gasteiger partial charge in [0.2, 0.25) is 0 Å². The van der Waals surface area contributed by atoms with Crippen molar-refractivity contribution in [2.75, 3.05) is 17.8 Å². The average Bonchev–Trinajstić information content (AvgIpc) is 2.50. The minimum atomic E-state index is -2.25. The van der Waals surface area contributed by atoms with Crippen molar-refractivity contribution in [1.29, 1.82) is 0 Å². The minimum Gasteiger partial charge on any atom is -0.508 e. The molecule has 124 valence electrons. The predicted octanol–water partition coefficient (Wildman–Crippen LogP) is 4.70. The van der Waals surface area contributed by atoms with Gasteiger partial charge in [-0.3, -0.25) is 4.98 Å². The third-order valence-corrected chi connectivity index (χ3v) is 4.25. The lowest BCUT2D eigenvalue weighted by atomic mass is 10.1. The molecule has 0 fully saturated rings. The van der Waals surface area contributed by atoms with Crippen molar-refractivity contribution in [3.8, 4) is 5.75 Å². The number of hydrogen-bond acceptors (Lipinski definition) is 5. The summed E-state index contributed by atoms with van der Waals surface area (Å²) in [6, 6.07) is 11.9. The Morgan fingerprint density at radius 1 is 1.12 bits per heavy atom. The van der Waals surface area contributed by atoms with E-state index >= 15 is 0 Å². The average molecular weight is 362 g/mol. The monoisotopic (exact) mass is 361 g/mol. The molecule has 0 radical (unpaired) electrons. The molecule has 3 aromatic rings. The minimum absolute atomic E-state index is 0.118. The summed E-state index contributed by atoms with van der Waals surface area (Å²) in [5.41, 5.74) is 2.74. The Bertz CT molecular complexity index is 1040. The Kier molecular flexibility index (Phi) is 4.34. The molecule has 1 heterocycles. The van der Waals surface area contributed by atoms with Gasteiger partial charge in [-0.1, -0.05) is 11.6 Å². The van der Waals surface area contributed by atoms with Crippen LogP contribution in [0.2, 0.25) is 5.02 Å². The molecule has 0 aliphatic heterocycles. The number of fused-ring (bicyclic) bond motifs is 1. The van der Waals surface area contributed by atoms with E-state index in [9.17, 15) is 9.32 Å². The van der Waals surface area contributed by atoms with Crippen molar-refractivity contribution in [2.45, 2.75) is 0 Å². The highest BCUT2D eigenvalue weighted by atomic mass is 35.5. The highest BCUT2D eigenvalue weighted by Gasteiger charge is 2.07. The molecule has 7 heteroatoms. The standard InChI is InChI=1S/C17H16ClN3O2S/c1-24(2,23)21-11-3-6-15-13(9-11)16(7-8-19-15)20-17-10-12(22)4-5-14(17)18/h3-10,22H,1-2H3,(H,19,20). The van der Waals surface area contributed by atoms with E-state index in [2.05, 4.69) is 14.7 Å². The van der Waals surface area contributed by atoms with Crippen LogP contribution in [0.15, 0.2) is 53.0 Å². The summed E-state index contributed by atoms with van der Waals surface area (Å²) in [5.74, 6) is 0.118. The molecule has 24 heavy (non-hydrogen) atoms. The fraction of sp³-hybridized carbons (Fsp3) is 0.118. The lowest BCUT2D eigenvalue weighted by Crippen LogP contribution is -1.94. The van der Waals surface area contributed by atoms with Crippen molar-refractivity contribution in [1.82, 2.24) is 4.98 Å². The summed E-state index contributed by atoms with van der Waals surface area (Å²) in [6.07, 6.45) is 4.86. The summed E-state index contributed by atoms with van der Waals surface area (Å²) < 4.78 is 16.1. The van der Waals surface area contributed by atoms with E-state index in [0.717, 1.165) is 16.6 Å². The van der Waals surface area contributed by atoms with Crippen LogP contribution < -0.4 is 5.32 Å². The number of phenolic OH excluding ortho intramolecular Hbond substituents is 1. The second-order valence-electron chi connectivity index (χ2n) is 5.62. The number of phenols is 1. The molecular formula is C17H16ClN3O2S. The van der Waals surface area contributed by atoms with Crippen LogP contribution in [-0.2, 0) is 9.73 Å². The highest BCUT2D eigenvalue weighted by molar-refractivity contribution is 7.92. The Hall–Kier alpha value is -2.31. The SMILES string of the molecule is CS(C)(=O)=Nc1ccc2nccc(Nc3cc(O)ccc3Cl)c2c1. The van der Waals surface area contributed by atoms with Crippen LogP contribution in [0.25, 0.3) is 10.9 Å². The smallest absolute Gasteiger partial charge is 0.117 e. The van der Waals surface area contributed by atoms with Gasteiger partial charge in [-0.05, 0) is 36.4 Å². The van der Waals surface area contributed by atoms with Gasteiger partial charge in [-0.15, -0.1) is 0 Å². The number of anilines is 2. The normalized spacial score (nSPS) is 11.5. The van der Waals surface area contributed by atoms with Gasteiger partial charge in [-0.25, -0.2) is 4.21 Å². The summed E-state index contributed by atoms with van der Waals surface area (Å²) in [6.45, 7) is 0. The molecule has 0 saturated heterocycles. The van der Waals surface area contributed by atoms with Crippen LogP contribution in [0.4, 0.5) is 17.1 Å². The zero-order chi connectivity index (χ0) is 17.3. The van der Waals surface area contributed by atoms with Crippen molar-refractivity contribution in [3.05, 3.63) is 53.7 Å². The van der Waals surface area contributed by atoms with Crippen molar-refractivity contribution in [3.63, 3.8) is 0 Å². The quantitative estimate of drug-likeness (QED) is 0.709. The molecule has 0 amide bonds. The van der Waals surface area contributed by atoms with Crippen molar-refractivity contribution >= 4 is 49.3 Å². The Morgan fingerprint density at radius 2 is 1.92 bits per heavy atom. The van der Waals surface area contributed by atoms with Crippen molar-refractivity contribution in [2.24, 2.45) is 4.36 Å². The second kappa shape index (κ2) is 6.30. The summed E-state index contributed by atoms with van der Waals surface area (Å²) in [5, 5.41) is 14.2. The largest absolute Gasteiger partial charge is 0.508 e. The van der Waals surface area contributed by atoms with Gasteiger partial charge in [0.1, 0.15) is 5.75 Å². The summed E-state index contributed by atoms with van der Waals surface area (Å²) in [7, 11) is -2.25.